The fourth-order valence-corrected chi connectivity index (χ4v) is 5.66. The summed E-state index contributed by atoms with van der Waals surface area (Å²) in [6.07, 6.45) is 6.59. The van der Waals surface area contributed by atoms with E-state index in [0.29, 0.717) is 22.8 Å². The molecule has 2 unspecified atom stereocenters. The molecule has 2 atom stereocenters. The molecule has 1 heteroatoms. The third kappa shape index (κ3) is 4.41. The average Bonchev–Trinajstić information content (AvgIpc) is 2.20. The molecular formula is C22H41N. The summed E-state index contributed by atoms with van der Waals surface area (Å²) in [5.41, 5.74) is 3.06. The molecule has 1 aliphatic carbocycles. The van der Waals surface area contributed by atoms with Crippen molar-refractivity contribution in [2.45, 2.75) is 100 Å². The predicted molar refractivity (Wildman–Crippen MR) is 103 cm³/mol. The lowest BCUT2D eigenvalue weighted by Crippen LogP contribution is -2.58. The largest absolute Gasteiger partial charge is 0.291 e. The molecule has 0 aromatic heterocycles. The van der Waals surface area contributed by atoms with Crippen molar-refractivity contribution in [2.75, 3.05) is 6.54 Å². The van der Waals surface area contributed by atoms with Crippen LogP contribution in [0.1, 0.15) is 88.5 Å². The van der Waals surface area contributed by atoms with E-state index in [-0.39, 0.29) is 11.0 Å². The van der Waals surface area contributed by atoms with E-state index in [4.69, 9.17) is 0 Å². The molecule has 1 heterocycles. The molecule has 0 radical (unpaired) electrons. The standard InChI is InChI=1S/C22H41N/c1-19(2,3)18-17-11-16(14-23(18)20(4,5)6)12-21(7,8)15-22(9,10)13-17/h11,16,18H,12-15H2,1-10H3. The SMILES string of the molecule is CC1(C)CC2=CC(CN(C(C)(C)C)C2C(C)(C)C)CC(C)(C)C1. The van der Waals surface area contributed by atoms with Gasteiger partial charge in [0.25, 0.3) is 0 Å². The monoisotopic (exact) mass is 319 g/mol. The van der Waals surface area contributed by atoms with E-state index in [2.05, 4.69) is 80.2 Å². The zero-order valence-electron chi connectivity index (χ0n) is 17.5. The highest BCUT2D eigenvalue weighted by atomic mass is 15.2. The Morgan fingerprint density at radius 3 is 2.00 bits per heavy atom. The molecule has 2 aliphatic rings. The Morgan fingerprint density at radius 1 is 0.957 bits per heavy atom. The molecule has 0 aromatic rings. The van der Waals surface area contributed by atoms with Gasteiger partial charge >= 0.3 is 0 Å². The summed E-state index contributed by atoms with van der Waals surface area (Å²) in [6.45, 7) is 25.6. The van der Waals surface area contributed by atoms with E-state index < -0.39 is 0 Å². The third-order valence-corrected chi connectivity index (χ3v) is 5.68. The van der Waals surface area contributed by atoms with E-state index in [1.54, 1.807) is 5.57 Å². The van der Waals surface area contributed by atoms with Crippen LogP contribution in [0.15, 0.2) is 11.6 Å². The van der Waals surface area contributed by atoms with Crippen LogP contribution < -0.4 is 0 Å². The van der Waals surface area contributed by atoms with Crippen molar-refractivity contribution in [1.82, 2.24) is 4.90 Å². The first-order valence-corrected chi connectivity index (χ1v) is 9.58. The van der Waals surface area contributed by atoms with Gasteiger partial charge in [-0.2, -0.15) is 0 Å². The normalized spacial score (nSPS) is 32.0. The number of rotatable bonds is 0. The van der Waals surface area contributed by atoms with Crippen molar-refractivity contribution in [3.05, 3.63) is 11.6 Å². The predicted octanol–water partition coefficient (Wildman–Crippen LogP) is 6.29. The van der Waals surface area contributed by atoms with Gasteiger partial charge < -0.3 is 0 Å². The molecule has 0 spiro atoms. The minimum absolute atomic E-state index is 0.225. The maximum atomic E-state index is 2.81. The molecule has 1 aliphatic heterocycles. The van der Waals surface area contributed by atoms with Gasteiger partial charge in [0, 0.05) is 18.1 Å². The summed E-state index contributed by atoms with van der Waals surface area (Å²) in [5, 5.41) is 0. The Morgan fingerprint density at radius 2 is 1.52 bits per heavy atom. The van der Waals surface area contributed by atoms with E-state index >= 15 is 0 Å². The second-order valence-corrected chi connectivity index (χ2v) is 12.0. The average molecular weight is 320 g/mol. The number of hydrogen-bond acceptors (Lipinski definition) is 1. The van der Waals surface area contributed by atoms with Crippen molar-refractivity contribution >= 4 is 0 Å². The Kier molecular flexibility index (Phi) is 4.64. The first kappa shape index (κ1) is 19.0. The van der Waals surface area contributed by atoms with Crippen LogP contribution in [0.3, 0.4) is 0 Å². The van der Waals surface area contributed by atoms with Crippen molar-refractivity contribution in [3.63, 3.8) is 0 Å². The topological polar surface area (TPSA) is 3.24 Å². The second kappa shape index (κ2) is 5.61. The summed E-state index contributed by atoms with van der Waals surface area (Å²) in [4.78, 5) is 2.81. The lowest BCUT2D eigenvalue weighted by Gasteiger charge is -2.55. The second-order valence-electron chi connectivity index (χ2n) is 12.0. The minimum atomic E-state index is 0.225. The zero-order valence-corrected chi connectivity index (χ0v) is 17.5. The molecule has 23 heavy (non-hydrogen) atoms. The maximum Gasteiger partial charge on any atom is 0.0361 e. The van der Waals surface area contributed by atoms with Crippen molar-refractivity contribution in [1.29, 1.82) is 0 Å². The van der Waals surface area contributed by atoms with Gasteiger partial charge in [0.15, 0.2) is 0 Å². The van der Waals surface area contributed by atoms with E-state index in [1.165, 1.54) is 25.8 Å². The molecular weight excluding hydrogens is 278 g/mol. The first-order chi connectivity index (χ1) is 10.1. The van der Waals surface area contributed by atoms with Crippen LogP contribution in [0.4, 0.5) is 0 Å². The molecule has 0 saturated heterocycles. The lowest BCUT2D eigenvalue weighted by atomic mass is 9.62. The van der Waals surface area contributed by atoms with E-state index in [1.807, 2.05) is 0 Å². The van der Waals surface area contributed by atoms with Crippen LogP contribution in [0.25, 0.3) is 0 Å². The van der Waals surface area contributed by atoms with Crippen LogP contribution in [0.5, 0.6) is 0 Å². The smallest absolute Gasteiger partial charge is 0.0361 e. The van der Waals surface area contributed by atoms with Crippen molar-refractivity contribution in [2.24, 2.45) is 22.2 Å². The summed E-state index contributed by atoms with van der Waals surface area (Å²) in [6, 6.07) is 0.569. The Labute approximate surface area is 145 Å². The van der Waals surface area contributed by atoms with Crippen molar-refractivity contribution in [3.8, 4) is 0 Å². The van der Waals surface area contributed by atoms with E-state index in [9.17, 15) is 0 Å². The zero-order chi connectivity index (χ0) is 17.8. The summed E-state index contributed by atoms with van der Waals surface area (Å²) < 4.78 is 0. The summed E-state index contributed by atoms with van der Waals surface area (Å²) in [5.74, 6) is 0.717. The quantitative estimate of drug-likeness (QED) is 0.474. The van der Waals surface area contributed by atoms with Gasteiger partial charge in [0.05, 0.1) is 0 Å². The fourth-order valence-electron chi connectivity index (χ4n) is 5.66. The van der Waals surface area contributed by atoms with Gasteiger partial charge in [0.2, 0.25) is 0 Å². The molecule has 0 fully saturated rings. The highest BCUT2D eigenvalue weighted by molar-refractivity contribution is 5.24. The van der Waals surface area contributed by atoms with Gasteiger partial charge in [-0.05, 0) is 62.2 Å². The van der Waals surface area contributed by atoms with Crippen molar-refractivity contribution < 1.29 is 0 Å². The van der Waals surface area contributed by atoms with Crippen LogP contribution in [-0.2, 0) is 0 Å². The molecule has 2 rings (SSSR count). The van der Waals surface area contributed by atoms with Gasteiger partial charge in [-0.3, -0.25) is 4.90 Å². The molecule has 1 nitrogen and oxygen atoms in total. The number of fused-ring (bicyclic) bond motifs is 1. The third-order valence-electron chi connectivity index (χ3n) is 5.68. The highest BCUT2D eigenvalue weighted by Gasteiger charge is 2.45. The molecule has 2 bridgehead atoms. The van der Waals surface area contributed by atoms with Gasteiger partial charge in [-0.1, -0.05) is 60.1 Å². The molecule has 0 aromatic carbocycles. The van der Waals surface area contributed by atoms with Crippen LogP contribution >= 0.6 is 0 Å². The van der Waals surface area contributed by atoms with E-state index in [0.717, 1.165) is 0 Å². The minimum Gasteiger partial charge on any atom is -0.291 e. The molecule has 0 N–H and O–H groups in total. The Bertz CT molecular complexity index is 467. The highest BCUT2D eigenvalue weighted by Crippen LogP contribution is 2.50. The van der Waals surface area contributed by atoms with Crippen LogP contribution in [-0.4, -0.2) is 23.0 Å². The maximum absolute atomic E-state index is 2.81. The Balaban J connectivity index is 2.50. The summed E-state index contributed by atoms with van der Waals surface area (Å²) in [7, 11) is 0. The molecule has 0 saturated carbocycles. The Hall–Kier alpha value is -0.300. The first-order valence-electron chi connectivity index (χ1n) is 9.58. The van der Waals surface area contributed by atoms with Crippen LogP contribution in [0.2, 0.25) is 0 Å². The summed E-state index contributed by atoms with van der Waals surface area (Å²) >= 11 is 0. The molecule has 0 amide bonds. The fraction of sp³-hybridized carbons (Fsp3) is 0.909. The molecule has 134 valence electrons. The number of nitrogens with zero attached hydrogens (tertiary/aromatic N) is 1. The van der Waals surface area contributed by atoms with Crippen LogP contribution in [0, 0.1) is 22.2 Å². The number of hydrogen-bond donors (Lipinski definition) is 0. The van der Waals surface area contributed by atoms with Gasteiger partial charge in [0.1, 0.15) is 0 Å². The lowest BCUT2D eigenvalue weighted by molar-refractivity contribution is 0.00231. The van der Waals surface area contributed by atoms with Gasteiger partial charge in [-0.25, -0.2) is 0 Å². The van der Waals surface area contributed by atoms with Gasteiger partial charge in [-0.15, -0.1) is 0 Å².